The average molecular weight is 366 g/mol. The molecule has 0 unspecified atom stereocenters. The molecule has 1 N–H and O–H groups in total. The van der Waals surface area contributed by atoms with Gasteiger partial charge < -0.3 is 23.4 Å². The Hall–Kier alpha value is -3.81. The molecule has 4 rings (SSSR count). The maximum atomic E-state index is 12.4. The van der Waals surface area contributed by atoms with Crippen LogP contribution in [0.2, 0.25) is 0 Å². The minimum atomic E-state index is -0.749. The number of hydrogen-bond donors (Lipinski definition) is 1. The molecule has 8 nitrogen and oxygen atoms in total. The Labute approximate surface area is 152 Å². The number of furan rings is 1. The van der Waals surface area contributed by atoms with Gasteiger partial charge in [0.1, 0.15) is 11.3 Å². The third-order valence-electron chi connectivity index (χ3n) is 3.94. The molecule has 0 aliphatic rings. The summed E-state index contributed by atoms with van der Waals surface area (Å²) in [5.74, 6) is 0.825. The smallest absolute Gasteiger partial charge is 0.349 e. The van der Waals surface area contributed by atoms with E-state index in [2.05, 4.69) is 10.5 Å². The van der Waals surface area contributed by atoms with Crippen molar-refractivity contribution >= 4 is 16.9 Å². The second-order valence-electron chi connectivity index (χ2n) is 5.67. The maximum absolute atomic E-state index is 12.4. The Kier molecular flexibility index (Phi) is 4.21. The van der Waals surface area contributed by atoms with Crippen LogP contribution >= 0.6 is 0 Å². The number of rotatable bonds is 5. The van der Waals surface area contributed by atoms with Gasteiger partial charge in [-0.05, 0) is 24.3 Å². The normalized spacial score (nSPS) is 10.9. The van der Waals surface area contributed by atoms with Crippen molar-refractivity contribution in [3.05, 3.63) is 70.4 Å². The quantitative estimate of drug-likeness (QED) is 0.541. The summed E-state index contributed by atoms with van der Waals surface area (Å²) in [7, 11) is 1.48. The first-order valence-corrected chi connectivity index (χ1v) is 8.04. The number of carbonyl (C=O) groups is 1. The van der Waals surface area contributed by atoms with Gasteiger partial charge in [-0.25, -0.2) is 4.79 Å². The molecule has 0 spiro atoms. The Balaban J connectivity index is 1.53. The Morgan fingerprint density at radius 1 is 1.19 bits per heavy atom. The van der Waals surface area contributed by atoms with Crippen LogP contribution in [0.15, 0.2) is 66.9 Å². The number of fused-ring (bicyclic) bond motifs is 1. The van der Waals surface area contributed by atoms with Crippen LogP contribution in [0, 0.1) is 0 Å². The second-order valence-corrected chi connectivity index (χ2v) is 5.67. The van der Waals surface area contributed by atoms with Gasteiger partial charge in [0.05, 0.1) is 19.9 Å². The lowest BCUT2D eigenvalue weighted by Crippen LogP contribution is -2.28. The maximum Gasteiger partial charge on any atom is 0.349 e. The highest BCUT2D eigenvalue weighted by Crippen LogP contribution is 2.24. The van der Waals surface area contributed by atoms with E-state index in [1.807, 2.05) is 0 Å². The summed E-state index contributed by atoms with van der Waals surface area (Å²) in [6.07, 6.45) is 1.52. The van der Waals surface area contributed by atoms with Crippen molar-refractivity contribution in [2.75, 3.05) is 7.11 Å². The van der Waals surface area contributed by atoms with E-state index in [-0.39, 0.29) is 12.1 Å². The molecule has 0 aliphatic carbocycles. The second kappa shape index (κ2) is 6.83. The predicted octanol–water partition coefficient (Wildman–Crippen LogP) is 2.98. The Bertz CT molecular complexity index is 1160. The number of para-hydroxylation sites is 1. The fourth-order valence-electron chi connectivity index (χ4n) is 2.63. The first-order valence-electron chi connectivity index (χ1n) is 8.04. The molecular formula is C19H14N2O6. The van der Waals surface area contributed by atoms with Crippen molar-refractivity contribution < 1.29 is 22.9 Å². The van der Waals surface area contributed by atoms with E-state index in [0.29, 0.717) is 33.9 Å². The van der Waals surface area contributed by atoms with E-state index >= 15 is 0 Å². The topological polar surface area (TPSA) is 108 Å². The summed E-state index contributed by atoms with van der Waals surface area (Å²) in [5, 5.41) is 7.07. The van der Waals surface area contributed by atoms with Crippen LogP contribution in [-0.4, -0.2) is 18.2 Å². The van der Waals surface area contributed by atoms with Crippen LogP contribution in [-0.2, 0) is 6.54 Å². The number of nitrogens with zero attached hydrogens (tertiary/aromatic N) is 1. The molecule has 8 heteroatoms. The van der Waals surface area contributed by atoms with Crippen LogP contribution in [0.25, 0.3) is 22.5 Å². The van der Waals surface area contributed by atoms with E-state index in [9.17, 15) is 9.59 Å². The van der Waals surface area contributed by atoms with Gasteiger partial charge in [-0.2, -0.15) is 0 Å². The molecule has 1 aromatic carbocycles. The molecule has 136 valence electrons. The van der Waals surface area contributed by atoms with Gasteiger partial charge in [-0.3, -0.25) is 4.79 Å². The van der Waals surface area contributed by atoms with Crippen LogP contribution in [0.4, 0.5) is 0 Å². The minimum Gasteiger partial charge on any atom is -0.493 e. The first-order chi connectivity index (χ1) is 13.2. The van der Waals surface area contributed by atoms with E-state index in [0.717, 1.165) is 0 Å². The van der Waals surface area contributed by atoms with E-state index < -0.39 is 11.5 Å². The number of ether oxygens (including phenoxy) is 1. The molecule has 0 fully saturated rings. The highest BCUT2D eigenvalue weighted by atomic mass is 16.5. The number of hydrogen-bond acceptors (Lipinski definition) is 7. The van der Waals surface area contributed by atoms with Crippen LogP contribution < -0.4 is 15.7 Å². The van der Waals surface area contributed by atoms with E-state index in [4.69, 9.17) is 18.1 Å². The summed E-state index contributed by atoms with van der Waals surface area (Å²) in [6.45, 7) is 0.0820. The Morgan fingerprint density at radius 3 is 2.85 bits per heavy atom. The number of aromatic nitrogens is 1. The molecule has 4 aromatic rings. The zero-order valence-electron chi connectivity index (χ0n) is 14.2. The zero-order valence-corrected chi connectivity index (χ0v) is 14.2. The summed E-state index contributed by atoms with van der Waals surface area (Å²) >= 11 is 0. The molecule has 0 radical (unpaired) electrons. The first kappa shape index (κ1) is 16.6. The van der Waals surface area contributed by atoms with Crippen molar-refractivity contribution in [3.8, 4) is 17.3 Å². The molecular weight excluding hydrogens is 352 g/mol. The van der Waals surface area contributed by atoms with Gasteiger partial charge in [-0.1, -0.05) is 17.3 Å². The lowest BCUT2D eigenvalue weighted by Gasteiger charge is -2.06. The third-order valence-corrected chi connectivity index (χ3v) is 3.94. The third kappa shape index (κ3) is 3.20. The number of nitrogens with one attached hydrogen (secondary N) is 1. The molecule has 0 aliphatic heterocycles. The van der Waals surface area contributed by atoms with E-state index in [1.54, 1.807) is 36.4 Å². The average Bonchev–Trinajstić information content (AvgIpc) is 3.36. The summed E-state index contributed by atoms with van der Waals surface area (Å²) in [4.78, 5) is 24.6. The largest absolute Gasteiger partial charge is 0.493 e. The highest BCUT2D eigenvalue weighted by Gasteiger charge is 2.16. The summed E-state index contributed by atoms with van der Waals surface area (Å²) < 4.78 is 20.8. The monoisotopic (exact) mass is 366 g/mol. The predicted molar refractivity (Wildman–Crippen MR) is 94.4 cm³/mol. The lowest BCUT2D eigenvalue weighted by atomic mass is 10.1. The molecule has 1 amide bonds. The minimum absolute atomic E-state index is 0.0820. The lowest BCUT2D eigenvalue weighted by molar-refractivity contribution is 0.0946. The van der Waals surface area contributed by atoms with Gasteiger partial charge in [-0.15, -0.1) is 0 Å². The summed E-state index contributed by atoms with van der Waals surface area (Å²) in [5.41, 5.74) is -0.0748. The van der Waals surface area contributed by atoms with Crippen LogP contribution in [0.5, 0.6) is 5.75 Å². The standard InChI is InChI=1S/C19H14N2O6/c1-24-15-5-2-4-11-8-13(19(23)26-17(11)15)18(22)20-10-12-9-16(27-21-12)14-6-3-7-25-14/h2-9H,10H2,1H3,(H,20,22). The van der Waals surface area contributed by atoms with Crippen molar-refractivity contribution in [2.45, 2.75) is 6.54 Å². The van der Waals surface area contributed by atoms with Gasteiger partial charge >= 0.3 is 5.63 Å². The highest BCUT2D eigenvalue weighted by molar-refractivity contribution is 5.97. The van der Waals surface area contributed by atoms with Gasteiger partial charge in [0.25, 0.3) is 5.91 Å². The van der Waals surface area contributed by atoms with Crippen molar-refractivity contribution in [1.82, 2.24) is 10.5 Å². The number of methoxy groups -OCH3 is 1. The zero-order chi connectivity index (χ0) is 18.8. The number of carbonyl (C=O) groups excluding carboxylic acids is 1. The molecule has 0 bridgehead atoms. The molecule has 3 aromatic heterocycles. The summed E-state index contributed by atoms with van der Waals surface area (Å²) in [6, 6.07) is 11.7. The molecule has 0 saturated heterocycles. The van der Waals surface area contributed by atoms with Crippen LogP contribution in [0.1, 0.15) is 16.1 Å². The molecule has 3 heterocycles. The number of amides is 1. The van der Waals surface area contributed by atoms with Crippen molar-refractivity contribution in [2.24, 2.45) is 0 Å². The molecule has 27 heavy (non-hydrogen) atoms. The Morgan fingerprint density at radius 2 is 2.07 bits per heavy atom. The van der Waals surface area contributed by atoms with Crippen molar-refractivity contribution in [1.29, 1.82) is 0 Å². The molecule has 0 atom stereocenters. The van der Waals surface area contributed by atoms with Gasteiger partial charge in [0.15, 0.2) is 17.1 Å². The SMILES string of the molecule is COc1cccc2cc(C(=O)NCc3cc(-c4ccco4)on3)c(=O)oc12. The fraction of sp³-hybridized carbons (Fsp3) is 0.105. The van der Waals surface area contributed by atoms with Crippen LogP contribution in [0.3, 0.4) is 0 Å². The van der Waals surface area contributed by atoms with Gasteiger partial charge in [0.2, 0.25) is 5.76 Å². The molecule has 0 saturated carbocycles. The van der Waals surface area contributed by atoms with Crippen molar-refractivity contribution in [3.63, 3.8) is 0 Å². The number of benzene rings is 1. The fourth-order valence-corrected chi connectivity index (χ4v) is 2.63. The van der Waals surface area contributed by atoms with Gasteiger partial charge in [0, 0.05) is 11.5 Å². The van der Waals surface area contributed by atoms with E-state index in [1.165, 1.54) is 19.4 Å².